The number of nitrogens with one attached hydrogen (secondary N) is 1. The Bertz CT molecular complexity index is 581. The van der Waals surface area contributed by atoms with E-state index >= 15 is 0 Å². The van der Waals surface area contributed by atoms with Gasteiger partial charge in [-0.3, -0.25) is 0 Å². The maximum atomic E-state index is 6.09. The molecule has 1 fully saturated rings. The molecule has 0 spiro atoms. The summed E-state index contributed by atoms with van der Waals surface area (Å²) in [5, 5.41) is 3.33. The van der Waals surface area contributed by atoms with Crippen molar-refractivity contribution in [2.24, 2.45) is 5.92 Å². The Morgan fingerprint density at radius 1 is 1.27 bits per heavy atom. The van der Waals surface area contributed by atoms with Gasteiger partial charge in [-0.15, -0.1) is 0 Å². The molecule has 3 N–H and O–H groups in total. The minimum absolute atomic E-state index is 0.397. The predicted octanol–water partition coefficient (Wildman–Crippen LogP) is 2.94. The van der Waals surface area contributed by atoms with Crippen molar-refractivity contribution in [2.75, 3.05) is 55.4 Å². The number of rotatable bonds is 9. The summed E-state index contributed by atoms with van der Waals surface area (Å²) >= 11 is 0. The monoisotopic (exact) mass is 362 g/mol. The molecule has 2 aliphatic rings. The minimum atomic E-state index is 0.397. The first-order valence-corrected chi connectivity index (χ1v) is 10.2. The van der Waals surface area contributed by atoms with Crippen molar-refractivity contribution in [3.05, 3.63) is 0 Å². The first-order chi connectivity index (χ1) is 12.7. The van der Waals surface area contributed by atoms with Crippen LogP contribution in [0.5, 0.6) is 6.01 Å². The highest BCUT2D eigenvalue weighted by Crippen LogP contribution is 2.35. The molecule has 1 aromatic heterocycles. The van der Waals surface area contributed by atoms with E-state index in [9.17, 15) is 0 Å². The third kappa shape index (κ3) is 4.69. The molecule has 1 unspecified atom stereocenters. The lowest BCUT2D eigenvalue weighted by atomic mass is 9.93. The van der Waals surface area contributed by atoms with Gasteiger partial charge in [-0.25, -0.2) is 0 Å². The van der Waals surface area contributed by atoms with Gasteiger partial charge in [0.1, 0.15) is 5.69 Å². The zero-order chi connectivity index (χ0) is 18.4. The number of piperidine rings is 1. The summed E-state index contributed by atoms with van der Waals surface area (Å²) in [6.07, 6.45) is 7.26. The third-order valence-corrected chi connectivity index (χ3v) is 5.46. The number of nitrogen functional groups attached to an aromatic ring is 1. The number of fused-ring (bicyclic) bond motifs is 1. The zero-order valence-electron chi connectivity index (χ0n) is 16.3. The van der Waals surface area contributed by atoms with Crippen molar-refractivity contribution < 1.29 is 4.74 Å². The predicted molar refractivity (Wildman–Crippen MR) is 107 cm³/mol. The highest BCUT2D eigenvalue weighted by molar-refractivity contribution is 5.80. The maximum Gasteiger partial charge on any atom is 0.320 e. The van der Waals surface area contributed by atoms with Gasteiger partial charge in [0, 0.05) is 13.1 Å². The van der Waals surface area contributed by atoms with E-state index in [2.05, 4.69) is 38.9 Å². The van der Waals surface area contributed by atoms with Crippen LogP contribution in [0.3, 0.4) is 0 Å². The average Bonchev–Trinajstić information content (AvgIpc) is 3.06. The van der Waals surface area contributed by atoms with Gasteiger partial charge in [0.25, 0.3) is 0 Å². The Hall–Kier alpha value is -1.76. The van der Waals surface area contributed by atoms with Crippen LogP contribution in [0.2, 0.25) is 0 Å². The normalized spacial score (nSPS) is 20.1. The van der Waals surface area contributed by atoms with E-state index in [1.807, 2.05) is 0 Å². The number of hydrogen-bond donors (Lipinski definition) is 2. The van der Waals surface area contributed by atoms with Crippen LogP contribution in [0.15, 0.2) is 0 Å². The van der Waals surface area contributed by atoms with Crippen molar-refractivity contribution in [1.82, 2.24) is 14.9 Å². The molecular weight excluding hydrogens is 328 g/mol. The van der Waals surface area contributed by atoms with Crippen molar-refractivity contribution in [3.63, 3.8) is 0 Å². The molecule has 0 aromatic carbocycles. The van der Waals surface area contributed by atoms with Gasteiger partial charge in [0.15, 0.2) is 11.6 Å². The van der Waals surface area contributed by atoms with Gasteiger partial charge >= 0.3 is 6.01 Å². The zero-order valence-corrected chi connectivity index (χ0v) is 16.3. The average molecular weight is 363 g/mol. The van der Waals surface area contributed by atoms with Gasteiger partial charge in [0.2, 0.25) is 0 Å². The number of unbranched alkanes of at least 4 members (excludes halogenated alkanes) is 1. The van der Waals surface area contributed by atoms with Crippen LogP contribution in [-0.4, -0.2) is 54.3 Å². The molecule has 1 atom stereocenters. The molecular formula is C19H34N6O. The minimum Gasteiger partial charge on any atom is -0.463 e. The lowest BCUT2D eigenvalue weighted by Crippen LogP contribution is -2.35. The molecule has 0 amide bonds. The Kier molecular flexibility index (Phi) is 6.77. The van der Waals surface area contributed by atoms with Crippen LogP contribution in [-0.2, 0) is 0 Å². The van der Waals surface area contributed by atoms with Crippen LogP contribution in [0.25, 0.3) is 0 Å². The molecule has 7 nitrogen and oxygen atoms in total. The van der Waals surface area contributed by atoms with Crippen molar-refractivity contribution in [3.8, 4) is 6.01 Å². The third-order valence-electron chi connectivity index (χ3n) is 5.46. The molecule has 7 heteroatoms. The lowest BCUT2D eigenvalue weighted by Gasteiger charge is -2.32. The second-order valence-corrected chi connectivity index (χ2v) is 7.43. The van der Waals surface area contributed by atoms with Gasteiger partial charge in [0.05, 0.1) is 13.3 Å². The molecule has 0 saturated carbocycles. The van der Waals surface area contributed by atoms with Crippen LogP contribution in [0.1, 0.15) is 52.4 Å². The molecule has 1 saturated heterocycles. The number of nitrogens with zero attached hydrogens (tertiary/aromatic N) is 4. The van der Waals surface area contributed by atoms with Gasteiger partial charge in [-0.05, 0) is 51.1 Å². The van der Waals surface area contributed by atoms with Crippen LogP contribution >= 0.6 is 0 Å². The lowest BCUT2D eigenvalue weighted by molar-refractivity contribution is 0.175. The van der Waals surface area contributed by atoms with Crippen molar-refractivity contribution in [2.45, 2.75) is 52.4 Å². The second-order valence-electron chi connectivity index (χ2n) is 7.43. The van der Waals surface area contributed by atoms with Crippen LogP contribution < -0.4 is 20.7 Å². The summed E-state index contributed by atoms with van der Waals surface area (Å²) in [7, 11) is 0. The number of hydrogen-bond acceptors (Lipinski definition) is 7. The van der Waals surface area contributed by atoms with Crippen LogP contribution in [0.4, 0.5) is 17.3 Å². The van der Waals surface area contributed by atoms with E-state index in [1.165, 1.54) is 45.3 Å². The topological polar surface area (TPSA) is 79.5 Å². The Morgan fingerprint density at radius 3 is 2.96 bits per heavy atom. The smallest absolute Gasteiger partial charge is 0.320 e. The summed E-state index contributed by atoms with van der Waals surface area (Å²) in [6, 6.07) is 0.397. The summed E-state index contributed by atoms with van der Waals surface area (Å²) in [4.78, 5) is 13.7. The number of likely N-dealkylation sites (tertiary alicyclic amines) is 1. The molecule has 0 bridgehead atoms. The van der Waals surface area contributed by atoms with Gasteiger partial charge in [-0.1, -0.05) is 20.3 Å². The van der Waals surface area contributed by atoms with E-state index in [4.69, 9.17) is 10.5 Å². The molecule has 146 valence electrons. The second kappa shape index (κ2) is 9.26. The molecule has 1 aromatic rings. The highest BCUT2D eigenvalue weighted by atomic mass is 16.5. The summed E-state index contributed by atoms with van der Waals surface area (Å²) in [6.45, 7) is 10.5. The van der Waals surface area contributed by atoms with Crippen molar-refractivity contribution in [1.29, 1.82) is 0 Å². The molecule has 2 aliphatic heterocycles. The van der Waals surface area contributed by atoms with E-state index in [-0.39, 0.29) is 0 Å². The molecule has 26 heavy (non-hydrogen) atoms. The first kappa shape index (κ1) is 19.0. The number of nitrogens with two attached hydrogens (primary N) is 1. The Balaban J connectivity index is 1.53. The number of ether oxygens (including phenoxy) is 1. The summed E-state index contributed by atoms with van der Waals surface area (Å²) < 4.78 is 5.66. The van der Waals surface area contributed by atoms with Crippen LogP contribution in [0, 0.1) is 5.92 Å². The highest BCUT2D eigenvalue weighted by Gasteiger charge is 2.25. The van der Waals surface area contributed by atoms with Gasteiger partial charge in [-0.2, -0.15) is 9.97 Å². The maximum absolute atomic E-state index is 6.09. The quantitative estimate of drug-likeness (QED) is 0.654. The number of anilines is 3. The van der Waals surface area contributed by atoms with Gasteiger partial charge < -0.3 is 25.6 Å². The Labute approximate surface area is 157 Å². The molecule has 0 radical (unpaired) electrons. The number of aromatic nitrogens is 2. The van der Waals surface area contributed by atoms with E-state index in [0.29, 0.717) is 18.4 Å². The molecule has 3 heterocycles. The van der Waals surface area contributed by atoms with E-state index in [0.717, 1.165) is 43.5 Å². The van der Waals surface area contributed by atoms with E-state index < -0.39 is 0 Å². The molecule has 0 aliphatic carbocycles. The standard InChI is InChI=1S/C19H34N6O/c1-3-5-12-26-19-22-17(20)16-18(23-19)25(14-21-16)11-7-9-15-8-6-10-24(4-2)13-15/h15,21H,3-14H2,1-2H3,(H2,20,22,23). The summed E-state index contributed by atoms with van der Waals surface area (Å²) in [5.74, 6) is 2.21. The largest absolute Gasteiger partial charge is 0.463 e. The van der Waals surface area contributed by atoms with Crippen molar-refractivity contribution >= 4 is 17.3 Å². The van der Waals surface area contributed by atoms with E-state index in [1.54, 1.807) is 0 Å². The fourth-order valence-corrected chi connectivity index (χ4v) is 3.90. The Morgan fingerprint density at radius 2 is 2.15 bits per heavy atom. The fourth-order valence-electron chi connectivity index (χ4n) is 3.90. The SMILES string of the molecule is CCCCOc1nc(N)c2c(n1)N(CCCC1CCCN(CC)C1)CN2. The fraction of sp³-hybridized carbons (Fsp3) is 0.789. The molecule has 3 rings (SSSR count). The first-order valence-electron chi connectivity index (χ1n) is 10.2. The summed E-state index contributed by atoms with van der Waals surface area (Å²) in [5.41, 5.74) is 6.94.